The molecular formula is C16H19NO8S. The van der Waals surface area contributed by atoms with Gasteiger partial charge in [-0.3, -0.25) is 4.79 Å². The number of carbonyl (C=O) groups excluding carboxylic acids is 2. The number of sulfonamides is 1. The van der Waals surface area contributed by atoms with Crippen LogP contribution in [-0.2, 0) is 29.1 Å². The SMILES string of the molecule is CC1CC(OC(=O)CNS(=O)(=O)c2ccc3c(c2)OCCCO3)C(=O)O1. The zero-order valence-electron chi connectivity index (χ0n) is 14.1. The van der Waals surface area contributed by atoms with Crippen molar-refractivity contribution in [2.24, 2.45) is 0 Å². The fraction of sp³-hybridized carbons (Fsp3) is 0.500. The van der Waals surface area contributed by atoms with Gasteiger partial charge in [-0.25, -0.2) is 13.2 Å². The Morgan fingerprint density at radius 2 is 2.00 bits per heavy atom. The third-order valence-electron chi connectivity index (χ3n) is 3.84. The molecule has 2 aliphatic rings. The van der Waals surface area contributed by atoms with Crippen molar-refractivity contribution in [3.63, 3.8) is 0 Å². The Kier molecular flexibility index (Phi) is 5.33. The fourth-order valence-corrected chi connectivity index (χ4v) is 3.55. The molecule has 0 aromatic heterocycles. The predicted octanol–water partition coefficient (Wildman–Crippen LogP) is 0.373. The Morgan fingerprint density at radius 1 is 1.27 bits per heavy atom. The zero-order chi connectivity index (χ0) is 18.7. The summed E-state index contributed by atoms with van der Waals surface area (Å²) in [5, 5.41) is 0. The lowest BCUT2D eigenvalue weighted by Gasteiger charge is -2.11. The summed E-state index contributed by atoms with van der Waals surface area (Å²) in [7, 11) is -3.96. The van der Waals surface area contributed by atoms with Crippen molar-refractivity contribution in [1.29, 1.82) is 0 Å². The van der Waals surface area contributed by atoms with E-state index in [0.717, 1.165) is 0 Å². The number of hydrogen-bond acceptors (Lipinski definition) is 8. The van der Waals surface area contributed by atoms with Crippen LogP contribution in [0.3, 0.4) is 0 Å². The van der Waals surface area contributed by atoms with Gasteiger partial charge < -0.3 is 18.9 Å². The highest BCUT2D eigenvalue weighted by molar-refractivity contribution is 7.89. The number of hydrogen-bond donors (Lipinski definition) is 1. The van der Waals surface area contributed by atoms with Crippen LogP contribution in [0.15, 0.2) is 23.1 Å². The zero-order valence-corrected chi connectivity index (χ0v) is 14.9. The lowest BCUT2D eigenvalue weighted by Crippen LogP contribution is -2.33. The monoisotopic (exact) mass is 385 g/mol. The molecule has 0 aliphatic carbocycles. The minimum atomic E-state index is -3.96. The first-order chi connectivity index (χ1) is 12.3. The Morgan fingerprint density at radius 3 is 2.69 bits per heavy atom. The Labute approximate surface area is 150 Å². The molecule has 0 saturated carbocycles. The minimum absolute atomic E-state index is 0.0663. The van der Waals surface area contributed by atoms with Gasteiger partial charge in [-0.2, -0.15) is 4.72 Å². The van der Waals surface area contributed by atoms with Crippen LogP contribution in [0.2, 0.25) is 0 Å². The third kappa shape index (κ3) is 4.25. The number of nitrogens with one attached hydrogen (secondary N) is 1. The average molecular weight is 385 g/mol. The van der Waals surface area contributed by atoms with Gasteiger partial charge in [-0.05, 0) is 19.1 Å². The first kappa shape index (κ1) is 18.5. The van der Waals surface area contributed by atoms with Crippen molar-refractivity contribution in [3.05, 3.63) is 18.2 Å². The van der Waals surface area contributed by atoms with E-state index in [1.54, 1.807) is 6.92 Å². The summed E-state index contributed by atoms with van der Waals surface area (Å²) in [6, 6.07) is 4.20. The molecule has 2 heterocycles. The first-order valence-electron chi connectivity index (χ1n) is 8.14. The van der Waals surface area contributed by atoms with Crippen molar-refractivity contribution in [3.8, 4) is 11.5 Å². The number of cyclic esters (lactones) is 1. The van der Waals surface area contributed by atoms with Gasteiger partial charge >= 0.3 is 11.9 Å². The van der Waals surface area contributed by atoms with E-state index < -0.39 is 34.6 Å². The van der Waals surface area contributed by atoms with Crippen molar-refractivity contribution in [2.45, 2.75) is 36.9 Å². The molecule has 1 N–H and O–H groups in total. The highest BCUT2D eigenvalue weighted by atomic mass is 32.2. The van der Waals surface area contributed by atoms with Gasteiger partial charge in [0.2, 0.25) is 16.1 Å². The molecule has 0 radical (unpaired) electrons. The summed E-state index contributed by atoms with van der Waals surface area (Å²) in [5.74, 6) is -0.694. The van der Waals surface area contributed by atoms with Gasteiger partial charge in [-0.15, -0.1) is 0 Å². The van der Waals surface area contributed by atoms with Crippen LogP contribution in [0.4, 0.5) is 0 Å². The van der Waals surface area contributed by atoms with E-state index in [4.69, 9.17) is 18.9 Å². The maximum absolute atomic E-state index is 12.4. The minimum Gasteiger partial charge on any atom is -0.490 e. The van der Waals surface area contributed by atoms with Crippen LogP contribution >= 0.6 is 0 Å². The largest absolute Gasteiger partial charge is 0.490 e. The second kappa shape index (κ2) is 7.50. The molecule has 0 spiro atoms. The summed E-state index contributed by atoms with van der Waals surface area (Å²) in [5.41, 5.74) is 0. The average Bonchev–Trinajstić information content (AvgIpc) is 2.78. The van der Waals surface area contributed by atoms with Crippen LogP contribution in [0.25, 0.3) is 0 Å². The fourth-order valence-electron chi connectivity index (χ4n) is 2.56. The maximum Gasteiger partial charge on any atom is 0.347 e. The first-order valence-corrected chi connectivity index (χ1v) is 9.63. The van der Waals surface area contributed by atoms with Crippen LogP contribution < -0.4 is 14.2 Å². The molecule has 2 atom stereocenters. The number of ether oxygens (including phenoxy) is 4. The van der Waals surface area contributed by atoms with Gasteiger partial charge in [-0.1, -0.05) is 0 Å². The highest BCUT2D eigenvalue weighted by Crippen LogP contribution is 2.31. The van der Waals surface area contributed by atoms with Crippen LogP contribution in [0, 0.1) is 0 Å². The molecule has 142 valence electrons. The van der Waals surface area contributed by atoms with E-state index >= 15 is 0 Å². The summed E-state index contributed by atoms with van der Waals surface area (Å²) in [6.07, 6.45) is -0.387. The highest BCUT2D eigenvalue weighted by Gasteiger charge is 2.35. The maximum atomic E-state index is 12.4. The summed E-state index contributed by atoms with van der Waals surface area (Å²) < 4.78 is 47.6. The van der Waals surface area contributed by atoms with Gasteiger partial charge in [0.25, 0.3) is 0 Å². The molecule has 2 unspecified atom stereocenters. The van der Waals surface area contributed by atoms with E-state index in [1.165, 1.54) is 18.2 Å². The molecule has 0 bridgehead atoms. The molecule has 3 rings (SSSR count). The van der Waals surface area contributed by atoms with Crippen LogP contribution in [0.1, 0.15) is 19.8 Å². The topological polar surface area (TPSA) is 117 Å². The summed E-state index contributed by atoms with van der Waals surface area (Å²) in [6.45, 7) is 1.99. The predicted molar refractivity (Wildman–Crippen MR) is 87.3 cm³/mol. The van der Waals surface area contributed by atoms with E-state index in [9.17, 15) is 18.0 Å². The molecule has 2 aliphatic heterocycles. The number of benzene rings is 1. The van der Waals surface area contributed by atoms with Crippen LogP contribution in [0.5, 0.6) is 11.5 Å². The molecule has 9 nitrogen and oxygen atoms in total. The lowest BCUT2D eigenvalue weighted by molar-refractivity contribution is -0.160. The van der Waals surface area contributed by atoms with Crippen molar-refractivity contribution < 1.29 is 37.0 Å². The normalized spacial score (nSPS) is 22.4. The van der Waals surface area contributed by atoms with Crippen molar-refractivity contribution >= 4 is 22.0 Å². The van der Waals surface area contributed by atoms with Crippen molar-refractivity contribution in [2.75, 3.05) is 19.8 Å². The van der Waals surface area contributed by atoms with E-state index in [2.05, 4.69) is 4.72 Å². The Hall–Kier alpha value is -2.33. The van der Waals surface area contributed by atoms with Gasteiger partial charge in [0, 0.05) is 18.9 Å². The number of rotatable bonds is 5. The Balaban J connectivity index is 1.61. The third-order valence-corrected chi connectivity index (χ3v) is 5.23. The van der Waals surface area contributed by atoms with E-state index in [1.807, 2.05) is 0 Å². The van der Waals surface area contributed by atoms with Gasteiger partial charge in [0.1, 0.15) is 12.6 Å². The van der Waals surface area contributed by atoms with E-state index in [0.29, 0.717) is 31.1 Å². The number of esters is 2. The summed E-state index contributed by atoms with van der Waals surface area (Å²) in [4.78, 5) is 23.2. The standard InChI is InChI=1S/C16H19NO8S/c1-10-7-14(16(19)24-10)25-15(18)9-17-26(20,21)11-3-4-12-13(8-11)23-6-2-5-22-12/h3-4,8,10,14,17H,2,5-7,9H2,1H3. The van der Waals surface area contributed by atoms with Crippen molar-refractivity contribution in [1.82, 2.24) is 4.72 Å². The number of carbonyl (C=O) groups is 2. The second-order valence-corrected chi connectivity index (χ2v) is 7.71. The molecule has 1 fully saturated rings. The molecule has 1 saturated heterocycles. The molecular weight excluding hydrogens is 366 g/mol. The van der Waals surface area contributed by atoms with Crippen LogP contribution in [-0.4, -0.2) is 52.3 Å². The smallest absolute Gasteiger partial charge is 0.347 e. The molecule has 0 amide bonds. The number of fused-ring (bicyclic) bond motifs is 1. The van der Waals surface area contributed by atoms with Gasteiger partial charge in [0.05, 0.1) is 18.1 Å². The molecule has 1 aromatic rings. The molecule has 10 heteroatoms. The van der Waals surface area contributed by atoms with Gasteiger partial charge in [0.15, 0.2) is 11.5 Å². The Bertz CT molecular complexity index is 806. The second-order valence-electron chi connectivity index (χ2n) is 5.95. The van der Waals surface area contributed by atoms with E-state index in [-0.39, 0.29) is 17.4 Å². The lowest BCUT2D eigenvalue weighted by atomic mass is 10.2. The molecule has 1 aromatic carbocycles. The quantitative estimate of drug-likeness (QED) is 0.723. The molecule has 26 heavy (non-hydrogen) atoms. The summed E-state index contributed by atoms with van der Waals surface area (Å²) >= 11 is 0.